The van der Waals surface area contributed by atoms with Crippen molar-refractivity contribution in [2.45, 2.75) is 13.3 Å². The number of carbonyl (C=O) groups excluding carboxylic acids is 1. The van der Waals surface area contributed by atoms with E-state index in [9.17, 15) is 4.79 Å². The number of hydrogen-bond acceptors (Lipinski definition) is 3. The molecule has 4 nitrogen and oxygen atoms in total. The number of likely N-dealkylation sites (N-methyl/N-ethyl adjacent to an activating group) is 1. The van der Waals surface area contributed by atoms with Gasteiger partial charge in [-0.15, -0.1) is 0 Å². The fourth-order valence-corrected chi connectivity index (χ4v) is 1.59. The maximum Gasteiger partial charge on any atom is 0.247 e. The average molecular weight is 215 g/mol. The number of rotatable bonds is 2. The second-order valence-electron chi connectivity index (χ2n) is 3.52. The summed E-state index contributed by atoms with van der Waals surface area (Å²) in [6.45, 7) is 2.54. The Morgan fingerprint density at radius 2 is 2.38 bits per heavy atom. The monoisotopic (exact) mass is 215 g/mol. The Kier molecular flexibility index (Phi) is 3.10. The number of carbonyl (C=O) groups is 1. The zero-order valence-electron chi connectivity index (χ0n) is 9.10. The average Bonchev–Trinajstić information content (AvgIpc) is 2.53. The highest BCUT2D eigenvalue weighted by molar-refractivity contribution is 6.11. The van der Waals surface area contributed by atoms with Gasteiger partial charge in [-0.25, -0.2) is 0 Å². The highest BCUT2D eigenvalue weighted by atomic mass is 16.1. The van der Waals surface area contributed by atoms with Crippen molar-refractivity contribution >= 4 is 17.8 Å². The van der Waals surface area contributed by atoms with Crippen LogP contribution >= 0.6 is 0 Å². The molecule has 0 aromatic heterocycles. The van der Waals surface area contributed by atoms with Crippen LogP contribution in [0.3, 0.4) is 0 Å². The van der Waals surface area contributed by atoms with E-state index in [0.717, 1.165) is 16.9 Å². The molecule has 0 spiro atoms. The molecule has 0 atom stereocenters. The normalized spacial score (nSPS) is 17.9. The van der Waals surface area contributed by atoms with Gasteiger partial charge in [-0.3, -0.25) is 4.79 Å². The lowest BCUT2D eigenvalue weighted by Crippen LogP contribution is -2.26. The molecule has 2 rings (SSSR count). The highest BCUT2D eigenvalue weighted by Gasteiger charge is 2.17. The lowest BCUT2D eigenvalue weighted by molar-refractivity contribution is -0.117. The molecule has 82 valence electrons. The van der Waals surface area contributed by atoms with Crippen molar-refractivity contribution in [3.05, 3.63) is 35.5 Å². The predicted molar refractivity (Wildman–Crippen MR) is 64.5 cm³/mol. The van der Waals surface area contributed by atoms with Gasteiger partial charge in [0, 0.05) is 24.8 Å². The molecule has 2 aliphatic rings. The lowest BCUT2D eigenvalue weighted by atomic mass is 9.95. The summed E-state index contributed by atoms with van der Waals surface area (Å²) < 4.78 is 0. The molecular formula is C12H13N3O. The van der Waals surface area contributed by atoms with E-state index in [2.05, 4.69) is 15.5 Å². The SMILES string of the molecule is CCNC(=O)C1=CC=C2C=CC=NN=C2C1. The van der Waals surface area contributed by atoms with Crippen molar-refractivity contribution in [1.29, 1.82) is 0 Å². The number of allylic oxidation sites excluding steroid dienone is 5. The zero-order chi connectivity index (χ0) is 11.4. The van der Waals surface area contributed by atoms with Crippen LogP contribution in [0.4, 0.5) is 0 Å². The molecule has 1 heterocycles. The zero-order valence-corrected chi connectivity index (χ0v) is 9.10. The first kappa shape index (κ1) is 10.5. The molecule has 1 aliphatic heterocycles. The van der Waals surface area contributed by atoms with Crippen LogP contribution in [0.25, 0.3) is 0 Å². The third-order valence-electron chi connectivity index (χ3n) is 2.39. The van der Waals surface area contributed by atoms with Gasteiger partial charge in [-0.05, 0) is 18.6 Å². The van der Waals surface area contributed by atoms with Crippen molar-refractivity contribution in [3.8, 4) is 0 Å². The first-order valence-corrected chi connectivity index (χ1v) is 5.27. The molecule has 0 aromatic rings. The minimum Gasteiger partial charge on any atom is -0.353 e. The molecule has 0 aromatic carbocycles. The third-order valence-corrected chi connectivity index (χ3v) is 2.39. The Morgan fingerprint density at radius 3 is 3.19 bits per heavy atom. The Morgan fingerprint density at radius 1 is 1.50 bits per heavy atom. The van der Waals surface area contributed by atoms with E-state index in [4.69, 9.17) is 0 Å². The van der Waals surface area contributed by atoms with Gasteiger partial charge in [-0.2, -0.15) is 10.2 Å². The number of nitrogens with zero attached hydrogens (tertiary/aromatic N) is 2. The first-order valence-electron chi connectivity index (χ1n) is 5.27. The topological polar surface area (TPSA) is 53.8 Å². The minimum absolute atomic E-state index is 0.0299. The van der Waals surface area contributed by atoms with Crippen LogP contribution in [0, 0.1) is 0 Å². The number of fused-ring (bicyclic) bond motifs is 1. The van der Waals surface area contributed by atoms with Crippen LogP contribution < -0.4 is 5.32 Å². The highest BCUT2D eigenvalue weighted by Crippen LogP contribution is 2.18. The summed E-state index contributed by atoms with van der Waals surface area (Å²) in [4.78, 5) is 11.6. The van der Waals surface area contributed by atoms with E-state index in [1.807, 2.05) is 31.2 Å². The molecule has 1 N–H and O–H groups in total. The molecule has 0 saturated heterocycles. The van der Waals surface area contributed by atoms with Crippen molar-refractivity contribution < 1.29 is 4.79 Å². The molecule has 4 heteroatoms. The Balaban J connectivity index is 2.23. The second-order valence-corrected chi connectivity index (χ2v) is 3.52. The maximum absolute atomic E-state index is 11.6. The number of hydrogen-bond donors (Lipinski definition) is 1. The summed E-state index contributed by atoms with van der Waals surface area (Å²) in [7, 11) is 0. The van der Waals surface area contributed by atoms with Crippen molar-refractivity contribution in [2.24, 2.45) is 10.2 Å². The lowest BCUT2D eigenvalue weighted by Gasteiger charge is -2.13. The first-order chi connectivity index (χ1) is 7.81. The quantitative estimate of drug-likeness (QED) is 0.743. The third kappa shape index (κ3) is 2.16. The second kappa shape index (κ2) is 4.70. The fourth-order valence-electron chi connectivity index (χ4n) is 1.59. The Labute approximate surface area is 94.1 Å². The van der Waals surface area contributed by atoms with Crippen LogP contribution in [-0.2, 0) is 4.79 Å². The molecule has 1 amide bonds. The van der Waals surface area contributed by atoms with E-state index < -0.39 is 0 Å². The Hall–Kier alpha value is -1.97. The molecule has 0 unspecified atom stereocenters. The van der Waals surface area contributed by atoms with E-state index in [1.165, 1.54) is 0 Å². The number of amides is 1. The van der Waals surface area contributed by atoms with Gasteiger partial charge in [-0.1, -0.05) is 18.2 Å². The summed E-state index contributed by atoms with van der Waals surface area (Å²) >= 11 is 0. The van der Waals surface area contributed by atoms with Gasteiger partial charge in [0.15, 0.2) is 0 Å². The molecule has 0 radical (unpaired) electrons. The Bertz CT molecular complexity index is 453. The fraction of sp³-hybridized carbons (Fsp3) is 0.250. The summed E-state index contributed by atoms with van der Waals surface area (Å²) in [5.74, 6) is -0.0299. The van der Waals surface area contributed by atoms with E-state index in [1.54, 1.807) is 6.21 Å². The van der Waals surface area contributed by atoms with Gasteiger partial charge in [0.2, 0.25) is 5.91 Å². The van der Waals surface area contributed by atoms with Crippen molar-refractivity contribution in [3.63, 3.8) is 0 Å². The summed E-state index contributed by atoms with van der Waals surface area (Å²) in [5, 5.41) is 10.7. The van der Waals surface area contributed by atoms with E-state index in [-0.39, 0.29) is 5.91 Å². The van der Waals surface area contributed by atoms with Crippen LogP contribution in [0.5, 0.6) is 0 Å². The van der Waals surface area contributed by atoms with E-state index in [0.29, 0.717) is 13.0 Å². The maximum atomic E-state index is 11.6. The summed E-state index contributed by atoms with van der Waals surface area (Å²) in [6.07, 6.45) is 9.71. The minimum atomic E-state index is -0.0299. The van der Waals surface area contributed by atoms with Crippen LogP contribution in [-0.4, -0.2) is 24.4 Å². The molecular weight excluding hydrogens is 202 g/mol. The predicted octanol–water partition coefficient (Wildman–Crippen LogP) is 1.38. The largest absolute Gasteiger partial charge is 0.353 e. The van der Waals surface area contributed by atoms with E-state index >= 15 is 0 Å². The van der Waals surface area contributed by atoms with Crippen LogP contribution in [0.1, 0.15) is 13.3 Å². The van der Waals surface area contributed by atoms with Crippen LogP contribution in [0.15, 0.2) is 45.7 Å². The smallest absolute Gasteiger partial charge is 0.247 e. The summed E-state index contributed by atoms with van der Waals surface area (Å²) in [5.41, 5.74) is 2.59. The standard InChI is InChI=1S/C12H13N3O/c1-2-13-12(16)10-6-5-9-4-3-7-14-15-11(9)8-10/h3-7H,2,8H2,1H3,(H,13,16). The van der Waals surface area contributed by atoms with Gasteiger partial charge >= 0.3 is 0 Å². The van der Waals surface area contributed by atoms with Crippen LogP contribution in [0.2, 0.25) is 0 Å². The molecule has 1 aliphatic carbocycles. The summed E-state index contributed by atoms with van der Waals surface area (Å²) in [6, 6.07) is 0. The van der Waals surface area contributed by atoms with Crippen molar-refractivity contribution in [1.82, 2.24) is 5.32 Å². The van der Waals surface area contributed by atoms with Crippen molar-refractivity contribution in [2.75, 3.05) is 6.54 Å². The molecule has 0 saturated carbocycles. The molecule has 16 heavy (non-hydrogen) atoms. The van der Waals surface area contributed by atoms with Gasteiger partial charge in [0.25, 0.3) is 0 Å². The molecule has 0 bridgehead atoms. The van der Waals surface area contributed by atoms with Gasteiger partial charge in [0.05, 0.1) is 5.71 Å². The molecule has 0 fully saturated rings. The van der Waals surface area contributed by atoms with Gasteiger partial charge < -0.3 is 5.32 Å². The van der Waals surface area contributed by atoms with Gasteiger partial charge in [0.1, 0.15) is 0 Å². The number of nitrogens with one attached hydrogen (secondary N) is 1.